The number of fused-ring (bicyclic) bond motifs is 1. The normalized spacial score (nSPS) is 10.9. The van der Waals surface area contributed by atoms with E-state index in [1.807, 2.05) is 13.0 Å². The Balaban J connectivity index is 2.17. The van der Waals surface area contributed by atoms with Gasteiger partial charge in [0, 0.05) is 5.56 Å². The van der Waals surface area contributed by atoms with Crippen LogP contribution in [-0.4, -0.2) is 16.1 Å². The number of carbonyl (C=O) groups is 1. The maximum atomic E-state index is 10.9. The molecule has 0 bridgehead atoms. The molecule has 0 atom stereocenters. The highest BCUT2D eigenvalue weighted by atomic mass is 16.4. The van der Waals surface area contributed by atoms with Crippen molar-refractivity contribution in [1.29, 1.82) is 0 Å². The molecule has 5 nitrogen and oxygen atoms in total. The van der Waals surface area contributed by atoms with Crippen LogP contribution in [0.2, 0.25) is 0 Å². The van der Waals surface area contributed by atoms with Gasteiger partial charge in [0.2, 0.25) is 0 Å². The molecule has 0 unspecified atom stereocenters. The monoisotopic (exact) mass is 243 g/mol. The van der Waals surface area contributed by atoms with Gasteiger partial charge in [0.25, 0.3) is 5.89 Å². The summed E-state index contributed by atoms with van der Waals surface area (Å²) in [5.74, 6) is -0.0752. The van der Waals surface area contributed by atoms with Gasteiger partial charge < -0.3 is 13.9 Å². The maximum Gasteiger partial charge on any atom is 0.335 e. The average Bonchev–Trinajstić information content (AvgIpc) is 2.92. The molecule has 5 heteroatoms. The van der Waals surface area contributed by atoms with Crippen molar-refractivity contribution in [2.45, 2.75) is 6.92 Å². The van der Waals surface area contributed by atoms with E-state index in [1.165, 1.54) is 12.1 Å². The summed E-state index contributed by atoms with van der Waals surface area (Å²) < 4.78 is 10.8. The van der Waals surface area contributed by atoms with Gasteiger partial charge in [-0.05, 0) is 31.2 Å². The summed E-state index contributed by atoms with van der Waals surface area (Å²) in [5, 5.41) is 8.90. The van der Waals surface area contributed by atoms with Gasteiger partial charge in [0.1, 0.15) is 5.52 Å². The Morgan fingerprint density at radius 2 is 2.17 bits per heavy atom. The fraction of sp³-hybridized carbons (Fsp3) is 0.0769. The highest BCUT2D eigenvalue weighted by molar-refractivity contribution is 5.92. The molecule has 0 aliphatic heterocycles. The average molecular weight is 243 g/mol. The summed E-state index contributed by atoms with van der Waals surface area (Å²) in [6.45, 7) is 1.89. The molecular weight excluding hydrogens is 234 g/mol. The number of aromatic nitrogens is 1. The first-order chi connectivity index (χ1) is 8.65. The van der Waals surface area contributed by atoms with E-state index in [0.29, 0.717) is 22.8 Å². The molecule has 18 heavy (non-hydrogen) atoms. The quantitative estimate of drug-likeness (QED) is 0.748. The third-order valence-corrected chi connectivity index (χ3v) is 2.69. The Labute approximate surface area is 102 Å². The third-order valence-electron chi connectivity index (χ3n) is 2.69. The number of aromatic carboxylic acids is 1. The molecule has 0 radical (unpaired) electrons. The lowest BCUT2D eigenvalue weighted by Gasteiger charge is -1.91. The van der Waals surface area contributed by atoms with Crippen LogP contribution in [0.1, 0.15) is 15.9 Å². The van der Waals surface area contributed by atoms with Gasteiger partial charge in [0.15, 0.2) is 11.3 Å². The first kappa shape index (κ1) is 10.6. The van der Waals surface area contributed by atoms with Crippen LogP contribution in [0.15, 0.2) is 39.4 Å². The van der Waals surface area contributed by atoms with E-state index in [1.54, 1.807) is 12.3 Å². The van der Waals surface area contributed by atoms with Crippen molar-refractivity contribution in [3.05, 3.63) is 41.7 Å². The Morgan fingerprint density at radius 3 is 2.83 bits per heavy atom. The summed E-state index contributed by atoms with van der Waals surface area (Å²) in [6, 6.07) is 6.36. The van der Waals surface area contributed by atoms with E-state index in [4.69, 9.17) is 13.9 Å². The van der Waals surface area contributed by atoms with Crippen molar-refractivity contribution in [3.63, 3.8) is 0 Å². The van der Waals surface area contributed by atoms with Crippen LogP contribution >= 0.6 is 0 Å². The molecule has 3 aromatic rings. The minimum atomic E-state index is -0.990. The predicted octanol–water partition coefficient (Wildman–Crippen LogP) is 3.09. The van der Waals surface area contributed by atoms with E-state index in [0.717, 1.165) is 5.56 Å². The van der Waals surface area contributed by atoms with E-state index in [-0.39, 0.29) is 5.56 Å². The SMILES string of the molecule is Cc1ccoc1-c1nc2cc(C(=O)O)ccc2o1. The van der Waals surface area contributed by atoms with Crippen molar-refractivity contribution in [2.24, 2.45) is 0 Å². The molecule has 90 valence electrons. The van der Waals surface area contributed by atoms with Crippen LogP contribution in [0.4, 0.5) is 0 Å². The number of oxazole rings is 1. The fourth-order valence-electron chi connectivity index (χ4n) is 1.75. The highest BCUT2D eigenvalue weighted by Gasteiger charge is 2.14. The van der Waals surface area contributed by atoms with Gasteiger partial charge in [-0.1, -0.05) is 0 Å². The van der Waals surface area contributed by atoms with Crippen molar-refractivity contribution in [3.8, 4) is 11.7 Å². The van der Waals surface area contributed by atoms with E-state index in [2.05, 4.69) is 4.98 Å². The summed E-state index contributed by atoms with van der Waals surface area (Å²) in [6.07, 6.45) is 1.56. The second-order valence-electron chi connectivity index (χ2n) is 3.94. The van der Waals surface area contributed by atoms with Crippen molar-refractivity contribution >= 4 is 17.1 Å². The molecule has 0 aliphatic carbocycles. The van der Waals surface area contributed by atoms with E-state index in [9.17, 15) is 4.79 Å². The largest absolute Gasteiger partial charge is 0.478 e. The number of benzene rings is 1. The topological polar surface area (TPSA) is 76.5 Å². The lowest BCUT2D eigenvalue weighted by Crippen LogP contribution is -1.94. The zero-order valence-electron chi connectivity index (χ0n) is 9.51. The van der Waals surface area contributed by atoms with E-state index < -0.39 is 5.97 Å². The van der Waals surface area contributed by atoms with Gasteiger partial charge in [-0.25, -0.2) is 9.78 Å². The van der Waals surface area contributed by atoms with Gasteiger partial charge >= 0.3 is 5.97 Å². The molecule has 0 aliphatic rings. The highest BCUT2D eigenvalue weighted by Crippen LogP contribution is 2.27. The van der Waals surface area contributed by atoms with Crippen LogP contribution in [-0.2, 0) is 0 Å². The second kappa shape index (κ2) is 3.73. The lowest BCUT2D eigenvalue weighted by atomic mass is 10.2. The maximum absolute atomic E-state index is 10.9. The summed E-state index contributed by atoms with van der Waals surface area (Å²) in [5.41, 5.74) is 2.13. The molecule has 0 fully saturated rings. The number of carboxylic acid groups (broad SMARTS) is 1. The van der Waals surface area contributed by atoms with Crippen LogP contribution < -0.4 is 0 Å². The first-order valence-electron chi connectivity index (χ1n) is 5.33. The molecule has 1 aromatic carbocycles. The number of nitrogens with zero attached hydrogens (tertiary/aromatic N) is 1. The third kappa shape index (κ3) is 1.57. The lowest BCUT2D eigenvalue weighted by molar-refractivity contribution is 0.0697. The minimum Gasteiger partial charge on any atom is -0.478 e. The second-order valence-corrected chi connectivity index (χ2v) is 3.94. The van der Waals surface area contributed by atoms with Crippen molar-refractivity contribution < 1.29 is 18.7 Å². The predicted molar refractivity (Wildman–Crippen MR) is 63.4 cm³/mol. The Hall–Kier alpha value is -2.56. The Bertz CT molecular complexity index is 738. The molecule has 1 N–H and O–H groups in total. The summed E-state index contributed by atoms with van der Waals surface area (Å²) in [4.78, 5) is 15.1. The number of rotatable bonds is 2. The van der Waals surface area contributed by atoms with Gasteiger partial charge in [-0.15, -0.1) is 0 Å². The number of carboxylic acids is 1. The molecule has 0 amide bonds. The standard InChI is InChI=1S/C13H9NO4/c1-7-4-5-17-11(7)12-14-9-6-8(13(15)16)2-3-10(9)18-12/h2-6H,1H3,(H,15,16). The molecule has 2 aromatic heterocycles. The van der Waals surface area contributed by atoms with Gasteiger partial charge in [0.05, 0.1) is 11.8 Å². The smallest absolute Gasteiger partial charge is 0.335 e. The molecular formula is C13H9NO4. The van der Waals surface area contributed by atoms with Crippen molar-refractivity contribution in [1.82, 2.24) is 4.98 Å². The Morgan fingerprint density at radius 1 is 1.33 bits per heavy atom. The van der Waals surface area contributed by atoms with Gasteiger partial charge in [-0.3, -0.25) is 0 Å². The number of hydrogen-bond acceptors (Lipinski definition) is 4. The molecule has 0 saturated heterocycles. The van der Waals surface area contributed by atoms with Crippen LogP contribution in [0.5, 0.6) is 0 Å². The zero-order chi connectivity index (χ0) is 12.7. The Kier molecular flexibility index (Phi) is 2.19. The summed E-state index contributed by atoms with van der Waals surface area (Å²) in [7, 11) is 0. The van der Waals surface area contributed by atoms with Gasteiger partial charge in [-0.2, -0.15) is 0 Å². The number of hydrogen-bond donors (Lipinski definition) is 1. The van der Waals surface area contributed by atoms with Crippen LogP contribution in [0.3, 0.4) is 0 Å². The molecule has 3 rings (SSSR count). The van der Waals surface area contributed by atoms with E-state index >= 15 is 0 Å². The number of furan rings is 1. The van der Waals surface area contributed by atoms with Crippen LogP contribution in [0, 0.1) is 6.92 Å². The summed E-state index contributed by atoms with van der Waals surface area (Å²) >= 11 is 0. The molecule has 0 saturated carbocycles. The minimum absolute atomic E-state index is 0.179. The number of aryl methyl sites for hydroxylation is 1. The first-order valence-corrected chi connectivity index (χ1v) is 5.33. The van der Waals surface area contributed by atoms with Crippen molar-refractivity contribution in [2.75, 3.05) is 0 Å². The fourth-order valence-corrected chi connectivity index (χ4v) is 1.75. The van der Waals surface area contributed by atoms with Crippen LogP contribution in [0.25, 0.3) is 22.8 Å². The molecule has 0 spiro atoms. The zero-order valence-corrected chi connectivity index (χ0v) is 9.51. The molecule has 2 heterocycles.